The molecule has 102 valence electrons. The number of phenols is 1. The first kappa shape index (κ1) is 15.5. The number of rotatable bonds is 7. The summed E-state index contributed by atoms with van der Waals surface area (Å²) in [4.78, 5) is 0. The van der Waals surface area contributed by atoms with Crippen molar-refractivity contribution in [3.8, 4) is 5.75 Å². The summed E-state index contributed by atoms with van der Waals surface area (Å²) in [5.41, 5.74) is 1.05. The Balaban J connectivity index is 2.44. The zero-order valence-corrected chi connectivity index (χ0v) is 12.6. The van der Waals surface area contributed by atoms with Crippen molar-refractivity contribution in [1.82, 2.24) is 5.32 Å². The van der Waals surface area contributed by atoms with Crippen LogP contribution >= 0.6 is 15.9 Å². The van der Waals surface area contributed by atoms with E-state index in [1.807, 2.05) is 18.2 Å². The van der Waals surface area contributed by atoms with Gasteiger partial charge in [0.1, 0.15) is 5.75 Å². The van der Waals surface area contributed by atoms with Gasteiger partial charge in [-0.15, -0.1) is 0 Å². The molecule has 0 radical (unpaired) electrons. The molecular formula is C14H22BrNO2. The van der Waals surface area contributed by atoms with E-state index in [0.717, 1.165) is 29.4 Å². The molecule has 3 N–H and O–H groups in total. The van der Waals surface area contributed by atoms with Crippen molar-refractivity contribution < 1.29 is 10.2 Å². The summed E-state index contributed by atoms with van der Waals surface area (Å²) in [7, 11) is 0. The van der Waals surface area contributed by atoms with Gasteiger partial charge in [0.25, 0.3) is 0 Å². The van der Waals surface area contributed by atoms with Crippen molar-refractivity contribution in [1.29, 1.82) is 0 Å². The lowest BCUT2D eigenvalue weighted by atomic mass is 9.88. The van der Waals surface area contributed by atoms with Gasteiger partial charge in [-0.2, -0.15) is 0 Å². The second-order valence-electron chi connectivity index (χ2n) is 5.34. The third-order valence-electron chi connectivity index (χ3n) is 3.00. The van der Waals surface area contributed by atoms with Crippen LogP contribution < -0.4 is 5.32 Å². The number of nitrogens with one attached hydrogen (secondary N) is 1. The number of aliphatic hydroxyl groups excluding tert-OH is 1. The summed E-state index contributed by atoms with van der Waals surface area (Å²) in [6, 6.07) is 5.65. The third kappa shape index (κ3) is 4.96. The molecule has 0 unspecified atom stereocenters. The van der Waals surface area contributed by atoms with Crippen LogP contribution in [0.3, 0.4) is 0 Å². The van der Waals surface area contributed by atoms with Gasteiger partial charge in [0.2, 0.25) is 0 Å². The van der Waals surface area contributed by atoms with Crippen LogP contribution in [0.25, 0.3) is 0 Å². The molecule has 0 aliphatic carbocycles. The Labute approximate surface area is 117 Å². The van der Waals surface area contributed by atoms with Crippen molar-refractivity contribution in [3.05, 3.63) is 28.2 Å². The largest absolute Gasteiger partial charge is 0.506 e. The van der Waals surface area contributed by atoms with Crippen LogP contribution in [0.4, 0.5) is 0 Å². The second-order valence-corrected chi connectivity index (χ2v) is 6.20. The summed E-state index contributed by atoms with van der Waals surface area (Å²) < 4.78 is 0.723. The molecule has 1 rings (SSSR count). The summed E-state index contributed by atoms with van der Waals surface area (Å²) >= 11 is 3.31. The standard InChI is InChI=1S/C14H22BrNO2/c1-14(2,7-4-8-17)10-16-9-11-5-3-6-12(15)13(11)18/h3,5-6,16-18H,4,7-10H2,1-2H3. The quantitative estimate of drug-likeness (QED) is 0.725. The highest BCUT2D eigenvalue weighted by Gasteiger charge is 2.16. The van der Waals surface area contributed by atoms with E-state index in [2.05, 4.69) is 35.1 Å². The van der Waals surface area contributed by atoms with E-state index in [1.54, 1.807) is 0 Å². The van der Waals surface area contributed by atoms with Gasteiger partial charge in [-0.05, 0) is 40.3 Å². The van der Waals surface area contributed by atoms with Gasteiger partial charge in [-0.1, -0.05) is 26.0 Å². The van der Waals surface area contributed by atoms with Gasteiger partial charge in [0.05, 0.1) is 4.47 Å². The SMILES string of the molecule is CC(C)(CCCO)CNCc1cccc(Br)c1O. The van der Waals surface area contributed by atoms with Crippen LogP contribution in [0, 0.1) is 5.41 Å². The van der Waals surface area contributed by atoms with E-state index in [4.69, 9.17) is 5.11 Å². The molecule has 0 atom stereocenters. The summed E-state index contributed by atoms with van der Waals surface area (Å²) in [5.74, 6) is 0.304. The van der Waals surface area contributed by atoms with E-state index in [1.165, 1.54) is 0 Å². The molecule has 0 aliphatic rings. The zero-order chi connectivity index (χ0) is 13.6. The zero-order valence-electron chi connectivity index (χ0n) is 11.0. The summed E-state index contributed by atoms with van der Waals surface area (Å²) in [6.07, 6.45) is 1.82. The Kier molecular flexibility index (Phi) is 6.12. The molecule has 1 aromatic carbocycles. The number of aromatic hydroxyl groups is 1. The Hall–Kier alpha value is -0.580. The van der Waals surface area contributed by atoms with Gasteiger partial charge in [-0.3, -0.25) is 0 Å². The first-order valence-electron chi connectivity index (χ1n) is 6.24. The van der Waals surface area contributed by atoms with Crippen LogP contribution in [0.1, 0.15) is 32.3 Å². The topological polar surface area (TPSA) is 52.5 Å². The molecule has 3 nitrogen and oxygen atoms in total. The van der Waals surface area contributed by atoms with Gasteiger partial charge < -0.3 is 15.5 Å². The van der Waals surface area contributed by atoms with E-state index >= 15 is 0 Å². The lowest BCUT2D eigenvalue weighted by molar-refractivity contribution is 0.236. The minimum absolute atomic E-state index is 0.157. The number of halogens is 1. The van der Waals surface area contributed by atoms with Crippen molar-refractivity contribution in [3.63, 3.8) is 0 Å². The molecule has 0 heterocycles. The van der Waals surface area contributed by atoms with Gasteiger partial charge in [0, 0.05) is 25.3 Å². The molecule has 0 saturated carbocycles. The molecule has 0 bridgehead atoms. The van der Waals surface area contributed by atoms with E-state index < -0.39 is 0 Å². The number of hydrogen-bond donors (Lipinski definition) is 3. The first-order chi connectivity index (χ1) is 8.46. The van der Waals surface area contributed by atoms with Crippen molar-refractivity contribution in [2.24, 2.45) is 5.41 Å². The fourth-order valence-corrected chi connectivity index (χ4v) is 2.29. The number of para-hydroxylation sites is 1. The molecule has 0 fully saturated rings. The van der Waals surface area contributed by atoms with E-state index in [0.29, 0.717) is 12.3 Å². The molecular weight excluding hydrogens is 294 g/mol. The van der Waals surface area contributed by atoms with Gasteiger partial charge in [0.15, 0.2) is 0 Å². The van der Waals surface area contributed by atoms with Gasteiger partial charge >= 0.3 is 0 Å². The van der Waals surface area contributed by atoms with E-state index in [9.17, 15) is 5.11 Å². The lowest BCUT2D eigenvalue weighted by Gasteiger charge is -2.24. The average molecular weight is 316 g/mol. The summed E-state index contributed by atoms with van der Waals surface area (Å²) in [6.45, 7) is 6.11. The van der Waals surface area contributed by atoms with Crippen molar-refractivity contribution in [2.75, 3.05) is 13.2 Å². The van der Waals surface area contributed by atoms with Crippen LogP contribution in [0.2, 0.25) is 0 Å². The van der Waals surface area contributed by atoms with Crippen LogP contribution in [0.15, 0.2) is 22.7 Å². The second kappa shape index (κ2) is 7.12. The molecule has 0 aliphatic heterocycles. The molecule has 0 aromatic heterocycles. The Morgan fingerprint density at radius 1 is 1.33 bits per heavy atom. The lowest BCUT2D eigenvalue weighted by Crippen LogP contribution is -2.29. The molecule has 0 spiro atoms. The van der Waals surface area contributed by atoms with Crippen LogP contribution in [-0.4, -0.2) is 23.4 Å². The normalized spacial score (nSPS) is 11.8. The highest BCUT2D eigenvalue weighted by Crippen LogP contribution is 2.27. The number of aliphatic hydroxyl groups is 1. The Morgan fingerprint density at radius 3 is 2.72 bits per heavy atom. The fourth-order valence-electron chi connectivity index (χ4n) is 1.88. The first-order valence-corrected chi connectivity index (χ1v) is 7.03. The highest BCUT2D eigenvalue weighted by atomic mass is 79.9. The average Bonchev–Trinajstić information content (AvgIpc) is 2.32. The van der Waals surface area contributed by atoms with Crippen molar-refractivity contribution in [2.45, 2.75) is 33.2 Å². The number of hydrogen-bond acceptors (Lipinski definition) is 3. The summed E-state index contributed by atoms with van der Waals surface area (Å²) in [5, 5.41) is 22.0. The predicted molar refractivity (Wildman–Crippen MR) is 77.6 cm³/mol. The molecule has 0 saturated heterocycles. The van der Waals surface area contributed by atoms with Crippen LogP contribution in [-0.2, 0) is 6.54 Å². The third-order valence-corrected chi connectivity index (χ3v) is 3.64. The number of benzene rings is 1. The van der Waals surface area contributed by atoms with E-state index in [-0.39, 0.29) is 12.0 Å². The maximum atomic E-state index is 9.85. The Morgan fingerprint density at radius 2 is 2.06 bits per heavy atom. The van der Waals surface area contributed by atoms with Gasteiger partial charge in [-0.25, -0.2) is 0 Å². The molecule has 4 heteroatoms. The Bertz CT molecular complexity index is 380. The smallest absolute Gasteiger partial charge is 0.134 e. The van der Waals surface area contributed by atoms with Crippen molar-refractivity contribution >= 4 is 15.9 Å². The van der Waals surface area contributed by atoms with Crippen LogP contribution in [0.5, 0.6) is 5.75 Å². The number of phenolic OH excluding ortho intramolecular Hbond substituents is 1. The maximum Gasteiger partial charge on any atom is 0.134 e. The molecule has 0 amide bonds. The molecule has 1 aromatic rings. The maximum absolute atomic E-state index is 9.85. The minimum Gasteiger partial charge on any atom is -0.506 e. The fraction of sp³-hybridized carbons (Fsp3) is 0.571. The highest BCUT2D eigenvalue weighted by molar-refractivity contribution is 9.10. The predicted octanol–water partition coefficient (Wildman–Crippen LogP) is 3.04. The minimum atomic E-state index is 0.157. The monoisotopic (exact) mass is 315 g/mol. The molecule has 18 heavy (non-hydrogen) atoms.